The lowest BCUT2D eigenvalue weighted by Gasteiger charge is -2.38. The van der Waals surface area contributed by atoms with Gasteiger partial charge in [-0.25, -0.2) is 0 Å². The third-order valence-corrected chi connectivity index (χ3v) is 7.40. The highest BCUT2D eigenvalue weighted by molar-refractivity contribution is 7.16. The second-order valence-electron chi connectivity index (χ2n) is 8.55. The number of nitrogens with zero attached hydrogens (tertiary/aromatic N) is 2. The lowest BCUT2D eigenvalue weighted by molar-refractivity contribution is -0.135. The molecule has 3 N–H and O–H groups in total. The van der Waals surface area contributed by atoms with Crippen LogP contribution in [0.3, 0.4) is 0 Å². The average molecular weight is 430 g/mol. The third kappa shape index (κ3) is 4.95. The number of likely N-dealkylation sites (tertiary alicyclic amines) is 1. The van der Waals surface area contributed by atoms with Crippen molar-refractivity contribution in [2.24, 2.45) is 0 Å². The van der Waals surface area contributed by atoms with Gasteiger partial charge in [0.05, 0.1) is 16.9 Å². The molecule has 2 heterocycles. The van der Waals surface area contributed by atoms with E-state index in [2.05, 4.69) is 10.3 Å². The highest BCUT2D eigenvalue weighted by Crippen LogP contribution is 2.34. The Hall–Kier alpha value is -2.12. The van der Waals surface area contributed by atoms with Crippen LogP contribution in [0.4, 0.5) is 5.13 Å². The Morgan fingerprint density at radius 3 is 2.47 bits per heavy atom. The van der Waals surface area contributed by atoms with Crippen molar-refractivity contribution in [3.63, 3.8) is 0 Å². The molecular formula is C23H31N3O3S. The van der Waals surface area contributed by atoms with Crippen molar-refractivity contribution in [1.82, 2.24) is 9.88 Å². The van der Waals surface area contributed by atoms with E-state index in [1.165, 1.54) is 37.0 Å². The Kier molecular flexibility index (Phi) is 6.58. The Morgan fingerprint density at radius 2 is 1.80 bits per heavy atom. The molecule has 1 aromatic heterocycles. The zero-order chi connectivity index (χ0) is 21.0. The van der Waals surface area contributed by atoms with Gasteiger partial charge in [0.25, 0.3) is 0 Å². The number of hydrogen-bond acceptors (Lipinski definition) is 6. The highest BCUT2D eigenvalue weighted by Gasteiger charge is 2.35. The second kappa shape index (κ2) is 9.35. The van der Waals surface area contributed by atoms with E-state index in [0.717, 1.165) is 18.4 Å². The summed E-state index contributed by atoms with van der Waals surface area (Å²) in [6.07, 6.45) is 8.48. The number of rotatable bonds is 5. The van der Waals surface area contributed by atoms with Crippen molar-refractivity contribution in [3.8, 4) is 5.88 Å². The minimum absolute atomic E-state index is 0.0231. The van der Waals surface area contributed by atoms with Crippen molar-refractivity contribution in [3.05, 3.63) is 40.8 Å². The maximum absolute atomic E-state index is 12.8. The molecule has 0 radical (unpaired) electrons. The van der Waals surface area contributed by atoms with Gasteiger partial charge in [-0.05, 0) is 31.2 Å². The molecule has 7 heteroatoms. The number of benzene rings is 1. The number of aromatic nitrogens is 1. The molecule has 2 aromatic rings. The minimum atomic E-state index is -0.875. The van der Waals surface area contributed by atoms with Crippen LogP contribution in [0.15, 0.2) is 30.3 Å². The summed E-state index contributed by atoms with van der Waals surface area (Å²) in [6, 6.07) is 10.1. The van der Waals surface area contributed by atoms with Crippen LogP contribution in [0.2, 0.25) is 0 Å². The maximum Gasteiger partial charge on any atom is 0.228 e. The molecular weight excluding hydrogens is 398 g/mol. The number of aliphatic hydroxyl groups is 1. The predicted molar refractivity (Wildman–Crippen MR) is 119 cm³/mol. The molecule has 162 valence electrons. The first-order valence-corrected chi connectivity index (χ1v) is 11.9. The molecule has 1 aliphatic carbocycles. The van der Waals surface area contributed by atoms with E-state index in [4.69, 9.17) is 0 Å². The van der Waals surface area contributed by atoms with Crippen LogP contribution in [0.5, 0.6) is 5.88 Å². The van der Waals surface area contributed by atoms with Gasteiger partial charge in [-0.15, -0.1) is 0 Å². The average Bonchev–Trinajstić information content (AvgIpc) is 2.93. The Labute approximate surface area is 182 Å². The summed E-state index contributed by atoms with van der Waals surface area (Å²) >= 11 is 1.38. The van der Waals surface area contributed by atoms with E-state index in [9.17, 15) is 15.0 Å². The van der Waals surface area contributed by atoms with E-state index in [0.29, 0.717) is 42.0 Å². The van der Waals surface area contributed by atoms with Gasteiger partial charge in [0, 0.05) is 19.1 Å². The number of amides is 1. The van der Waals surface area contributed by atoms with Crippen molar-refractivity contribution in [2.45, 2.75) is 69.4 Å². The van der Waals surface area contributed by atoms with E-state index < -0.39 is 5.60 Å². The number of piperidine rings is 1. The summed E-state index contributed by atoms with van der Waals surface area (Å²) in [7, 11) is 0. The number of thiazole rings is 1. The molecule has 0 atom stereocenters. The van der Waals surface area contributed by atoms with Crippen LogP contribution in [0, 0.1) is 0 Å². The molecule has 2 aliphatic rings. The Morgan fingerprint density at radius 1 is 1.13 bits per heavy atom. The van der Waals surface area contributed by atoms with Gasteiger partial charge in [-0.3, -0.25) is 4.79 Å². The topological polar surface area (TPSA) is 85.7 Å². The van der Waals surface area contributed by atoms with E-state index in [1.807, 2.05) is 30.3 Å². The van der Waals surface area contributed by atoms with E-state index in [1.54, 1.807) is 4.90 Å². The summed E-state index contributed by atoms with van der Waals surface area (Å²) in [5.74, 6) is -0.0626. The first-order valence-electron chi connectivity index (χ1n) is 11.0. The maximum atomic E-state index is 12.8. The van der Waals surface area contributed by atoms with Crippen molar-refractivity contribution in [1.29, 1.82) is 0 Å². The molecule has 1 aliphatic heterocycles. The second-order valence-corrected chi connectivity index (χ2v) is 9.64. The fourth-order valence-electron chi connectivity index (χ4n) is 4.53. The summed E-state index contributed by atoms with van der Waals surface area (Å²) in [4.78, 5) is 19.4. The lowest BCUT2D eigenvalue weighted by atomic mass is 9.84. The fourth-order valence-corrected chi connectivity index (χ4v) is 5.45. The standard InChI is InChI=1S/C23H31N3O3S/c27-20(26-14-12-23(29,13-15-26)17-8-4-3-5-9-17)16-19-21(28)25-22(30-19)24-18-10-6-1-2-7-11-18/h3-5,8-9,18,28-29H,1-2,6-7,10-16H2,(H,24,25). The zero-order valence-corrected chi connectivity index (χ0v) is 18.2. The first-order chi connectivity index (χ1) is 14.5. The first kappa shape index (κ1) is 21.1. The van der Waals surface area contributed by atoms with Crippen LogP contribution in [-0.2, 0) is 16.8 Å². The van der Waals surface area contributed by atoms with Crippen molar-refractivity contribution in [2.75, 3.05) is 18.4 Å². The summed E-state index contributed by atoms with van der Waals surface area (Å²) in [5, 5.41) is 25.4. The lowest BCUT2D eigenvalue weighted by Crippen LogP contribution is -2.45. The van der Waals surface area contributed by atoms with E-state index in [-0.39, 0.29) is 18.2 Å². The molecule has 6 nitrogen and oxygen atoms in total. The molecule has 1 amide bonds. The molecule has 1 saturated carbocycles. The van der Waals surface area contributed by atoms with Gasteiger partial charge < -0.3 is 20.4 Å². The van der Waals surface area contributed by atoms with Crippen molar-refractivity contribution < 1.29 is 15.0 Å². The normalized spacial score (nSPS) is 20.0. The minimum Gasteiger partial charge on any atom is -0.492 e. The molecule has 1 saturated heterocycles. The Bertz CT molecular complexity index is 839. The molecule has 2 fully saturated rings. The van der Waals surface area contributed by atoms with Gasteiger partial charge >= 0.3 is 0 Å². The SMILES string of the molecule is O=C(Cc1sc(NC2CCCCCC2)nc1O)N1CCC(O)(c2ccccc2)CC1. The molecule has 4 rings (SSSR count). The summed E-state index contributed by atoms with van der Waals surface area (Å²) < 4.78 is 0. The van der Waals surface area contributed by atoms with Crippen LogP contribution in [0.1, 0.15) is 61.8 Å². The Balaban J connectivity index is 1.33. The van der Waals surface area contributed by atoms with Gasteiger partial charge in [0.2, 0.25) is 11.8 Å². The largest absolute Gasteiger partial charge is 0.492 e. The predicted octanol–water partition coefficient (Wildman–Crippen LogP) is 4.04. The monoisotopic (exact) mass is 429 g/mol. The number of carbonyl (C=O) groups excluding carboxylic acids is 1. The van der Waals surface area contributed by atoms with Crippen LogP contribution < -0.4 is 5.32 Å². The molecule has 0 bridgehead atoms. The molecule has 0 unspecified atom stereocenters. The summed E-state index contributed by atoms with van der Waals surface area (Å²) in [6.45, 7) is 1.02. The number of nitrogens with one attached hydrogen (secondary N) is 1. The van der Waals surface area contributed by atoms with Gasteiger partial charge in [0.15, 0.2) is 5.13 Å². The number of anilines is 1. The van der Waals surface area contributed by atoms with Crippen LogP contribution in [0.25, 0.3) is 0 Å². The van der Waals surface area contributed by atoms with Gasteiger partial charge in [-0.1, -0.05) is 67.4 Å². The highest BCUT2D eigenvalue weighted by atomic mass is 32.1. The smallest absolute Gasteiger partial charge is 0.228 e. The zero-order valence-electron chi connectivity index (χ0n) is 17.3. The van der Waals surface area contributed by atoms with E-state index >= 15 is 0 Å². The number of hydrogen-bond donors (Lipinski definition) is 3. The summed E-state index contributed by atoms with van der Waals surface area (Å²) in [5.41, 5.74) is 0.0342. The van der Waals surface area contributed by atoms with Crippen LogP contribution in [-0.4, -0.2) is 45.1 Å². The fraction of sp³-hybridized carbons (Fsp3) is 0.565. The van der Waals surface area contributed by atoms with Gasteiger partial charge in [-0.2, -0.15) is 4.98 Å². The molecule has 1 aromatic carbocycles. The third-order valence-electron chi connectivity index (χ3n) is 6.43. The number of carbonyl (C=O) groups is 1. The van der Waals surface area contributed by atoms with Crippen LogP contribution >= 0.6 is 11.3 Å². The molecule has 30 heavy (non-hydrogen) atoms. The van der Waals surface area contributed by atoms with Gasteiger partial charge in [0.1, 0.15) is 0 Å². The molecule has 0 spiro atoms. The quantitative estimate of drug-likeness (QED) is 0.625. The van der Waals surface area contributed by atoms with Crippen molar-refractivity contribution >= 4 is 22.4 Å². The number of aromatic hydroxyl groups is 1.